The van der Waals surface area contributed by atoms with Gasteiger partial charge in [-0.3, -0.25) is 0 Å². The second-order valence-corrected chi connectivity index (χ2v) is 4.96. The third-order valence-electron chi connectivity index (χ3n) is 3.31. The highest BCUT2D eigenvalue weighted by Gasteiger charge is 2.09. The van der Waals surface area contributed by atoms with Crippen molar-refractivity contribution in [2.24, 2.45) is 0 Å². The molecule has 2 rings (SSSR count). The molecule has 0 heterocycles. The van der Waals surface area contributed by atoms with E-state index in [1.165, 1.54) is 17.2 Å². The quantitative estimate of drug-likeness (QED) is 0.851. The highest BCUT2D eigenvalue weighted by Crippen LogP contribution is 2.24. The van der Waals surface area contributed by atoms with Gasteiger partial charge >= 0.3 is 0 Å². The summed E-state index contributed by atoms with van der Waals surface area (Å²) in [5, 5.41) is 0. The Hall–Kier alpha value is -2.03. The maximum Gasteiger partial charge on any atom is 0.146 e. The Morgan fingerprint density at radius 2 is 1.89 bits per heavy atom. The van der Waals surface area contributed by atoms with Crippen LogP contribution >= 0.6 is 0 Å². The monoisotopic (exact) mass is 258 g/mol. The number of hydrogen-bond acceptors (Lipinski definition) is 2. The number of para-hydroxylation sites is 1. The van der Waals surface area contributed by atoms with Crippen LogP contribution in [0.4, 0.5) is 15.8 Å². The molecule has 2 aromatic rings. The van der Waals surface area contributed by atoms with Crippen molar-refractivity contribution in [3.63, 3.8) is 0 Å². The number of aryl methyl sites for hydroxylation is 2. The second-order valence-electron chi connectivity index (χ2n) is 4.96. The number of anilines is 2. The van der Waals surface area contributed by atoms with Gasteiger partial charge in [-0.1, -0.05) is 29.8 Å². The molecule has 0 amide bonds. The maximum absolute atomic E-state index is 13.4. The van der Waals surface area contributed by atoms with Crippen LogP contribution in [0.25, 0.3) is 0 Å². The van der Waals surface area contributed by atoms with E-state index in [0.29, 0.717) is 6.54 Å². The summed E-state index contributed by atoms with van der Waals surface area (Å²) in [5.41, 5.74) is 10.4. The van der Waals surface area contributed by atoms with Gasteiger partial charge in [0.2, 0.25) is 0 Å². The fourth-order valence-electron chi connectivity index (χ4n) is 2.29. The van der Waals surface area contributed by atoms with Crippen molar-refractivity contribution in [3.05, 3.63) is 58.9 Å². The molecule has 19 heavy (non-hydrogen) atoms. The molecule has 0 aliphatic heterocycles. The molecule has 0 fully saturated rings. The average molecular weight is 258 g/mol. The Morgan fingerprint density at radius 1 is 1.16 bits per heavy atom. The molecule has 0 aliphatic carbocycles. The summed E-state index contributed by atoms with van der Waals surface area (Å²) < 4.78 is 13.4. The molecule has 100 valence electrons. The lowest BCUT2D eigenvalue weighted by Crippen LogP contribution is -2.18. The first kappa shape index (κ1) is 13.4. The molecular formula is C16H19FN2. The zero-order chi connectivity index (χ0) is 14.0. The van der Waals surface area contributed by atoms with Gasteiger partial charge in [-0.15, -0.1) is 0 Å². The van der Waals surface area contributed by atoms with Crippen LogP contribution in [0, 0.1) is 19.7 Å². The van der Waals surface area contributed by atoms with E-state index in [2.05, 4.69) is 36.9 Å². The van der Waals surface area contributed by atoms with Crippen LogP contribution in [0.2, 0.25) is 0 Å². The highest BCUT2D eigenvalue weighted by atomic mass is 19.1. The Balaban J connectivity index is 2.25. The van der Waals surface area contributed by atoms with Gasteiger partial charge in [0, 0.05) is 19.3 Å². The Kier molecular flexibility index (Phi) is 3.74. The van der Waals surface area contributed by atoms with Crippen molar-refractivity contribution in [2.75, 3.05) is 17.7 Å². The first-order valence-electron chi connectivity index (χ1n) is 6.30. The number of halogens is 1. The van der Waals surface area contributed by atoms with Crippen LogP contribution in [0.3, 0.4) is 0 Å². The number of hydrogen-bond donors (Lipinski definition) is 1. The third-order valence-corrected chi connectivity index (χ3v) is 3.31. The highest BCUT2D eigenvalue weighted by molar-refractivity contribution is 5.56. The van der Waals surface area contributed by atoms with E-state index in [1.807, 2.05) is 13.1 Å². The van der Waals surface area contributed by atoms with Crippen molar-refractivity contribution < 1.29 is 4.39 Å². The molecule has 0 unspecified atom stereocenters. The van der Waals surface area contributed by atoms with Gasteiger partial charge in [0.05, 0.1) is 5.69 Å². The van der Waals surface area contributed by atoms with E-state index in [-0.39, 0.29) is 11.5 Å². The molecule has 0 aromatic heterocycles. The van der Waals surface area contributed by atoms with Crippen LogP contribution in [-0.4, -0.2) is 7.05 Å². The topological polar surface area (TPSA) is 29.3 Å². The molecule has 3 heteroatoms. The van der Waals surface area contributed by atoms with Crippen molar-refractivity contribution >= 4 is 11.4 Å². The molecule has 0 saturated carbocycles. The minimum Gasteiger partial charge on any atom is -0.396 e. The number of nitrogens with zero attached hydrogens (tertiary/aromatic N) is 1. The summed E-state index contributed by atoms with van der Waals surface area (Å²) >= 11 is 0. The smallest absolute Gasteiger partial charge is 0.146 e. The first-order valence-corrected chi connectivity index (χ1v) is 6.30. The van der Waals surface area contributed by atoms with Crippen molar-refractivity contribution in [1.82, 2.24) is 0 Å². The Morgan fingerprint density at radius 3 is 2.58 bits per heavy atom. The molecule has 2 nitrogen and oxygen atoms in total. The molecule has 0 spiro atoms. The minimum absolute atomic E-state index is 0.235. The summed E-state index contributed by atoms with van der Waals surface area (Å²) in [6.45, 7) is 4.74. The zero-order valence-electron chi connectivity index (χ0n) is 11.6. The number of nitrogens with two attached hydrogens (primary N) is 1. The maximum atomic E-state index is 13.4. The van der Waals surface area contributed by atoms with Crippen LogP contribution < -0.4 is 10.6 Å². The number of benzene rings is 2. The minimum atomic E-state index is -0.355. The predicted octanol–water partition coefficient (Wildman–Crippen LogP) is 3.66. The van der Waals surface area contributed by atoms with Crippen molar-refractivity contribution in [3.8, 4) is 0 Å². The van der Waals surface area contributed by atoms with Gasteiger partial charge in [-0.05, 0) is 37.1 Å². The molecule has 0 saturated heterocycles. The molecule has 2 N–H and O–H groups in total. The SMILES string of the molecule is Cc1ccc(N(C)Cc2cccc(F)c2N)c(C)c1. The van der Waals surface area contributed by atoms with Crippen LogP contribution in [0.1, 0.15) is 16.7 Å². The fourth-order valence-corrected chi connectivity index (χ4v) is 2.29. The van der Waals surface area contributed by atoms with Gasteiger partial charge in [-0.25, -0.2) is 4.39 Å². The zero-order valence-corrected chi connectivity index (χ0v) is 11.6. The van der Waals surface area contributed by atoms with Gasteiger partial charge in [-0.2, -0.15) is 0 Å². The summed E-state index contributed by atoms with van der Waals surface area (Å²) in [6.07, 6.45) is 0. The fraction of sp³-hybridized carbons (Fsp3) is 0.250. The van der Waals surface area contributed by atoms with E-state index < -0.39 is 0 Å². The summed E-state index contributed by atoms with van der Waals surface area (Å²) in [7, 11) is 1.99. The molecule has 0 aliphatic rings. The molecule has 0 atom stereocenters. The van der Waals surface area contributed by atoms with E-state index in [1.54, 1.807) is 6.07 Å². The second kappa shape index (κ2) is 5.31. The van der Waals surface area contributed by atoms with E-state index in [9.17, 15) is 4.39 Å². The lowest BCUT2D eigenvalue weighted by atomic mass is 10.1. The summed E-state index contributed by atoms with van der Waals surface area (Å²) in [6, 6.07) is 11.2. The predicted molar refractivity (Wildman–Crippen MR) is 78.8 cm³/mol. The van der Waals surface area contributed by atoms with E-state index in [4.69, 9.17) is 5.73 Å². The van der Waals surface area contributed by atoms with Crippen LogP contribution in [0.15, 0.2) is 36.4 Å². The van der Waals surface area contributed by atoms with E-state index >= 15 is 0 Å². The number of rotatable bonds is 3. The van der Waals surface area contributed by atoms with Gasteiger partial charge < -0.3 is 10.6 Å². The molecule has 0 bridgehead atoms. The van der Waals surface area contributed by atoms with Gasteiger partial charge in [0.1, 0.15) is 5.82 Å². The van der Waals surface area contributed by atoms with Gasteiger partial charge in [0.15, 0.2) is 0 Å². The van der Waals surface area contributed by atoms with E-state index in [0.717, 1.165) is 11.3 Å². The molecule has 2 aromatic carbocycles. The lowest BCUT2D eigenvalue weighted by Gasteiger charge is -2.22. The normalized spacial score (nSPS) is 10.5. The van der Waals surface area contributed by atoms with Gasteiger partial charge in [0.25, 0.3) is 0 Å². The lowest BCUT2D eigenvalue weighted by molar-refractivity contribution is 0.630. The largest absolute Gasteiger partial charge is 0.396 e. The first-order chi connectivity index (χ1) is 8.99. The number of nitrogen functional groups attached to an aromatic ring is 1. The van der Waals surface area contributed by atoms with Crippen LogP contribution in [0.5, 0.6) is 0 Å². The summed E-state index contributed by atoms with van der Waals surface area (Å²) in [5.74, 6) is -0.355. The Bertz CT molecular complexity index is 593. The molecule has 0 radical (unpaired) electrons. The third kappa shape index (κ3) is 2.87. The molecular weight excluding hydrogens is 239 g/mol. The Labute approximate surface area is 113 Å². The van der Waals surface area contributed by atoms with Crippen LogP contribution in [-0.2, 0) is 6.54 Å². The standard InChI is InChI=1S/C16H19FN2/c1-11-7-8-15(12(2)9-11)19(3)10-13-5-4-6-14(17)16(13)18/h4-9H,10,18H2,1-3H3. The van der Waals surface area contributed by atoms with Crippen molar-refractivity contribution in [2.45, 2.75) is 20.4 Å². The van der Waals surface area contributed by atoms with Crippen molar-refractivity contribution in [1.29, 1.82) is 0 Å². The summed E-state index contributed by atoms with van der Waals surface area (Å²) in [4.78, 5) is 2.08. The average Bonchev–Trinajstić information content (AvgIpc) is 2.34.